The van der Waals surface area contributed by atoms with E-state index >= 15 is 0 Å². The summed E-state index contributed by atoms with van der Waals surface area (Å²) in [5.74, 6) is 0.389. The van der Waals surface area contributed by atoms with Crippen LogP contribution in [0.2, 0.25) is 0 Å². The third-order valence-corrected chi connectivity index (χ3v) is 3.06. The largest absolute Gasteiger partial charge is 0.479 e. The molecule has 20 heavy (non-hydrogen) atoms. The second-order valence-corrected chi connectivity index (χ2v) is 4.83. The van der Waals surface area contributed by atoms with Gasteiger partial charge in [0.25, 0.3) is 0 Å². The summed E-state index contributed by atoms with van der Waals surface area (Å²) in [6.45, 7) is 10.9. The van der Waals surface area contributed by atoms with E-state index in [0.717, 1.165) is 17.9 Å². The van der Waals surface area contributed by atoms with E-state index < -0.39 is 6.10 Å². The lowest BCUT2D eigenvalue weighted by molar-refractivity contribution is -0.150. The summed E-state index contributed by atoms with van der Waals surface area (Å²) in [4.78, 5) is 11.7. The molecule has 0 spiro atoms. The van der Waals surface area contributed by atoms with Crippen LogP contribution in [-0.2, 0) is 9.53 Å². The van der Waals surface area contributed by atoms with Crippen molar-refractivity contribution in [3.8, 4) is 5.75 Å². The lowest BCUT2D eigenvalue weighted by Crippen LogP contribution is -2.27. The summed E-state index contributed by atoms with van der Waals surface area (Å²) in [5, 5.41) is 3.36. The van der Waals surface area contributed by atoms with E-state index in [1.54, 1.807) is 13.8 Å². The molecule has 4 nitrogen and oxygen atoms in total. The molecule has 0 aliphatic rings. The maximum atomic E-state index is 11.7. The highest BCUT2D eigenvalue weighted by Gasteiger charge is 2.19. The average molecular weight is 279 g/mol. The summed E-state index contributed by atoms with van der Waals surface area (Å²) in [7, 11) is 0. The van der Waals surface area contributed by atoms with Gasteiger partial charge in [0.1, 0.15) is 5.75 Å². The van der Waals surface area contributed by atoms with Crippen molar-refractivity contribution in [3.05, 3.63) is 29.3 Å². The van der Waals surface area contributed by atoms with E-state index in [9.17, 15) is 4.79 Å². The van der Waals surface area contributed by atoms with Gasteiger partial charge in [-0.15, -0.1) is 0 Å². The molecular formula is C16H25NO3. The minimum absolute atomic E-state index is 0.171. The molecule has 112 valence electrons. The lowest BCUT2D eigenvalue weighted by atomic mass is 10.0. The molecule has 0 fully saturated rings. The molecule has 0 radical (unpaired) electrons. The number of benzene rings is 1. The lowest BCUT2D eigenvalue weighted by Gasteiger charge is -2.20. The zero-order chi connectivity index (χ0) is 15.1. The van der Waals surface area contributed by atoms with Crippen molar-refractivity contribution < 1.29 is 14.3 Å². The first kappa shape index (κ1) is 16.5. The van der Waals surface area contributed by atoms with E-state index in [2.05, 4.69) is 25.2 Å². The van der Waals surface area contributed by atoms with Crippen LogP contribution in [0.5, 0.6) is 5.75 Å². The number of ether oxygens (including phenoxy) is 2. The van der Waals surface area contributed by atoms with Gasteiger partial charge < -0.3 is 14.8 Å². The second-order valence-electron chi connectivity index (χ2n) is 4.83. The molecule has 2 atom stereocenters. The predicted molar refractivity (Wildman–Crippen MR) is 80.0 cm³/mol. The fourth-order valence-corrected chi connectivity index (χ4v) is 2.03. The molecule has 1 rings (SSSR count). The molecule has 1 N–H and O–H groups in total. The van der Waals surface area contributed by atoms with Crippen molar-refractivity contribution in [1.82, 2.24) is 5.32 Å². The third kappa shape index (κ3) is 4.53. The van der Waals surface area contributed by atoms with Crippen molar-refractivity contribution in [2.24, 2.45) is 0 Å². The number of hydrogen-bond donors (Lipinski definition) is 1. The van der Waals surface area contributed by atoms with Gasteiger partial charge in [0, 0.05) is 11.6 Å². The molecule has 0 heterocycles. The quantitative estimate of drug-likeness (QED) is 0.779. The van der Waals surface area contributed by atoms with Gasteiger partial charge in [-0.25, -0.2) is 4.79 Å². The monoisotopic (exact) mass is 279 g/mol. The first-order chi connectivity index (χ1) is 9.49. The van der Waals surface area contributed by atoms with Crippen molar-refractivity contribution in [2.45, 2.75) is 46.8 Å². The molecule has 2 unspecified atom stereocenters. The molecule has 0 aliphatic heterocycles. The van der Waals surface area contributed by atoms with E-state index in [1.165, 1.54) is 5.56 Å². The van der Waals surface area contributed by atoms with Crippen molar-refractivity contribution >= 4 is 5.97 Å². The maximum Gasteiger partial charge on any atom is 0.347 e. The normalized spacial score (nSPS) is 13.7. The van der Waals surface area contributed by atoms with Gasteiger partial charge in [-0.05, 0) is 40.3 Å². The molecule has 1 aromatic rings. The second kappa shape index (κ2) is 7.90. The SMILES string of the molecule is CCNC(C)c1cc(C)ccc1OC(C)C(=O)OCC. The summed E-state index contributed by atoms with van der Waals surface area (Å²) >= 11 is 0. The minimum Gasteiger partial charge on any atom is -0.479 e. The molecule has 1 aromatic carbocycles. The van der Waals surface area contributed by atoms with Crippen LogP contribution in [0.4, 0.5) is 0 Å². The molecule has 0 bridgehead atoms. The number of carbonyl (C=O) groups excluding carboxylic acids is 1. The van der Waals surface area contributed by atoms with E-state index in [0.29, 0.717) is 6.61 Å². The van der Waals surface area contributed by atoms with Gasteiger partial charge in [-0.3, -0.25) is 0 Å². The van der Waals surface area contributed by atoms with Crippen LogP contribution in [0, 0.1) is 6.92 Å². The Morgan fingerprint density at radius 3 is 2.60 bits per heavy atom. The summed E-state index contributed by atoms with van der Waals surface area (Å²) in [6, 6.07) is 6.15. The van der Waals surface area contributed by atoms with Crippen LogP contribution >= 0.6 is 0 Å². The Bertz CT molecular complexity index is 445. The Labute approximate surface area is 121 Å². The highest BCUT2D eigenvalue weighted by Crippen LogP contribution is 2.27. The Balaban J connectivity index is 2.91. The highest BCUT2D eigenvalue weighted by atomic mass is 16.6. The summed E-state index contributed by atoms with van der Waals surface area (Å²) in [6.07, 6.45) is -0.606. The van der Waals surface area contributed by atoms with Crippen LogP contribution in [0.3, 0.4) is 0 Å². The molecule has 0 amide bonds. The first-order valence-corrected chi connectivity index (χ1v) is 7.16. The van der Waals surface area contributed by atoms with Crippen LogP contribution < -0.4 is 10.1 Å². The highest BCUT2D eigenvalue weighted by molar-refractivity contribution is 5.74. The number of esters is 1. The number of carbonyl (C=O) groups is 1. The van der Waals surface area contributed by atoms with Gasteiger partial charge in [-0.1, -0.05) is 24.6 Å². The zero-order valence-electron chi connectivity index (χ0n) is 13.0. The predicted octanol–water partition coefficient (Wildman–Crippen LogP) is 3.00. The van der Waals surface area contributed by atoms with Crippen molar-refractivity contribution in [3.63, 3.8) is 0 Å². The zero-order valence-corrected chi connectivity index (χ0v) is 13.0. The Hall–Kier alpha value is -1.55. The van der Waals surface area contributed by atoms with Gasteiger partial charge in [0.15, 0.2) is 6.10 Å². The number of aryl methyl sites for hydroxylation is 1. The fourth-order valence-electron chi connectivity index (χ4n) is 2.03. The molecular weight excluding hydrogens is 254 g/mol. The van der Waals surface area contributed by atoms with Gasteiger partial charge in [-0.2, -0.15) is 0 Å². The van der Waals surface area contributed by atoms with E-state index in [4.69, 9.17) is 9.47 Å². The summed E-state index contributed by atoms with van der Waals surface area (Å²) in [5.41, 5.74) is 2.23. The van der Waals surface area contributed by atoms with Gasteiger partial charge in [0.05, 0.1) is 6.61 Å². The van der Waals surface area contributed by atoms with Gasteiger partial charge in [0.2, 0.25) is 0 Å². The van der Waals surface area contributed by atoms with Gasteiger partial charge >= 0.3 is 5.97 Å². The van der Waals surface area contributed by atoms with E-state index in [-0.39, 0.29) is 12.0 Å². The molecule has 0 saturated heterocycles. The number of nitrogens with one attached hydrogen (secondary N) is 1. The average Bonchev–Trinajstić information content (AvgIpc) is 2.41. The summed E-state index contributed by atoms with van der Waals surface area (Å²) < 4.78 is 10.7. The van der Waals surface area contributed by atoms with Crippen LogP contribution in [0.25, 0.3) is 0 Å². The van der Waals surface area contributed by atoms with E-state index in [1.807, 2.05) is 19.1 Å². The molecule has 0 saturated carbocycles. The third-order valence-electron chi connectivity index (χ3n) is 3.06. The van der Waals surface area contributed by atoms with Crippen LogP contribution in [-0.4, -0.2) is 25.2 Å². The standard InChI is InChI=1S/C16H25NO3/c1-6-17-12(4)14-10-11(3)8-9-15(14)20-13(5)16(18)19-7-2/h8-10,12-13,17H,6-7H2,1-5H3. The number of rotatable bonds is 7. The molecule has 0 aromatic heterocycles. The minimum atomic E-state index is -0.606. The molecule has 4 heteroatoms. The number of hydrogen-bond acceptors (Lipinski definition) is 4. The van der Waals surface area contributed by atoms with Crippen LogP contribution in [0.1, 0.15) is 44.9 Å². The maximum absolute atomic E-state index is 11.7. The fraction of sp³-hybridized carbons (Fsp3) is 0.562. The van der Waals surface area contributed by atoms with Crippen molar-refractivity contribution in [1.29, 1.82) is 0 Å². The Morgan fingerprint density at radius 2 is 2.00 bits per heavy atom. The Kier molecular flexibility index (Phi) is 6.52. The first-order valence-electron chi connectivity index (χ1n) is 7.16. The Morgan fingerprint density at radius 1 is 1.30 bits per heavy atom. The molecule has 0 aliphatic carbocycles. The topological polar surface area (TPSA) is 47.6 Å². The van der Waals surface area contributed by atoms with Crippen molar-refractivity contribution in [2.75, 3.05) is 13.2 Å². The van der Waals surface area contributed by atoms with Crippen LogP contribution in [0.15, 0.2) is 18.2 Å². The smallest absolute Gasteiger partial charge is 0.347 e.